The van der Waals surface area contributed by atoms with E-state index in [1.54, 1.807) is 19.1 Å². The molecule has 2 rings (SSSR count). The Morgan fingerprint density at radius 3 is 2.50 bits per heavy atom. The van der Waals surface area contributed by atoms with Crippen LogP contribution in [0.25, 0.3) is 0 Å². The normalized spacial score (nSPS) is 11.1. The fraction of sp³-hybridized carbons (Fsp3) is 0.176. The van der Waals surface area contributed by atoms with E-state index < -0.39 is 35.9 Å². The summed E-state index contributed by atoms with van der Waals surface area (Å²) >= 11 is 5.84. The molecule has 0 radical (unpaired) electrons. The van der Waals surface area contributed by atoms with Crippen LogP contribution in [0.3, 0.4) is 0 Å². The molecular formula is C17H14ClF3N2O3. The van der Waals surface area contributed by atoms with Crippen LogP contribution in [0.1, 0.15) is 21.5 Å². The average Bonchev–Trinajstić information content (AvgIpc) is 2.55. The van der Waals surface area contributed by atoms with Gasteiger partial charge in [0.05, 0.1) is 11.1 Å². The van der Waals surface area contributed by atoms with E-state index in [1.807, 2.05) is 0 Å². The number of nitrogens with one attached hydrogen (secondary N) is 1. The zero-order chi connectivity index (χ0) is 19.5. The van der Waals surface area contributed by atoms with Gasteiger partial charge in [-0.3, -0.25) is 4.79 Å². The molecule has 3 N–H and O–H groups in total. The third-order valence-electron chi connectivity index (χ3n) is 3.41. The molecule has 2 aromatic carbocycles. The van der Waals surface area contributed by atoms with Crippen LogP contribution in [0, 0.1) is 6.92 Å². The van der Waals surface area contributed by atoms with E-state index >= 15 is 0 Å². The Bertz CT molecular complexity index is 854. The van der Waals surface area contributed by atoms with Crippen molar-refractivity contribution in [2.45, 2.75) is 13.1 Å². The number of rotatable bonds is 4. The van der Waals surface area contributed by atoms with Gasteiger partial charge in [-0.15, -0.1) is 0 Å². The molecule has 0 unspecified atom stereocenters. The van der Waals surface area contributed by atoms with Gasteiger partial charge in [-0.2, -0.15) is 13.2 Å². The lowest BCUT2D eigenvalue weighted by Gasteiger charge is -2.11. The van der Waals surface area contributed by atoms with Crippen LogP contribution in [-0.2, 0) is 15.7 Å². The van der Waals surface area contributed by atoms with Gasteiger partial charge in [-0.1, -0.05) is 17.7 Å². The molecule has 0 atom stereocenters. The largest absolute Gasteiger partial charge is 0.452 e. The van der Waals surface area contributed by atoms with Gasteiger partial charge in [0.25, 0.3) is 5.91 Å². The standard InChI is InChI=1S/C17H14ClF3N2O3/c1-9-2-4-11(18)7-14(9)23-15(24)8-26-16(25)12-5-3-10(6-13(12)22)17(19,20)21/h2-7H,8,22H2,1H3,(H,23,24). The number of carbonyl (C=O) groups excluding carboxylic acids is 2. The Hall–Kier alpha value is -2.74. The number of amides is 1. The topological polar surface area (TPSA) is 81.4 Å². The van der Waals surface area contributed by atoms with Crippen molar-refractivity contribution in [3.8, 4) is 0 Å². The second-order valence-electron chi connectivity index (χ2n) is 5.38. The highest BCUT2D eigenvalue weighted by molar-refractivity contribution is 6.31. The summed E-state index contributed by atoms with van der Waals surface area (Å²) in [5.74, 6) is -1.64. The first-order valence-electron chi connectivity index (χ1n) is 7.28. The third kappa shape index (κ3) is 4.89. The van der Waals surface area contributed by atoms with Crippen molar-refractivity contribution in [2.75, 3.05) is 17.7 Å². The summed E-state index contributed by atoms with van der Waals surface area (Å²) in [6.45, 7) is 1.12. The van der Waals surface area contributed by atoms with Crippen LogP contribution in [0.4, 0.5) is 24.5 Å². The van der Waals surface area contributed by atoms with Crippen LogP contribution < -0.4 is 11.1 Å². The lowest BCUT2D eigenvalue weighted by atomic mass is 10.1. The second-order valence-corrected chi connectivity index (χ2v) is 5.82. The van der Waals surface area contributed by atoms with E-state index in [9.17, 15) is 22.8 Å². The molecule has 0 fully saturated rings. The van der Waals surface area contributed by atoms with Crippen LogP contribution in [0.2, 0.25) is 5.02 Å². The number of carbonyl (C=O) groups is 2. The zero-order valence-corrected chi connectivity index (χ0v) is 14.2. The van der Waals surface area contributed by atoms with Crippen molar-refractivity contribution < 1.29 is 27.5 Å². The van der Waals surface area contributed by atoms with Gasteiger partial charge in [0.15, 0.2) is 6.61 Å². The molecule has 0 spiro atoms. The van der Waals surface area contributed by atoms with E-state index in [2.05, 4.69) is 5.32 Å². The number of halogens is 4. The highest BCUT2D eigenvalue weighted by Crippen LogP contribution is 2.31. The van der Waals surface area contributed by atoms with Crippen LogP contribution in [0.5, 0.6) is 0 Å². The Morgan fingerprint density at radius 1 is 1.19 bits per heavy atom. The summed E-state index contributed by atoms with van der Waals surface area (Å²) in [6.07, 6.45) is -4.58. The SMILES string of the molecule is Cc1ccc(Cl)cc1NC(=O)COC(=O)c1ccc(C(F)(F)F)cc1N. The molecule has 26 heavy (non-hydrogen) atoms. The Kier molecular flexibility index (Phi) is 5.76. The van der Waals surface area contributed by atoms with Gasteiger partial charge in [0, 0.05) is 16.4 Å². The van der Waals surface area contributed by atoms with E-state index in [-0.39, 0.29) is 5.56 Å². The molecule has 5 nitrogen and oxygen atoms in total. The van der Waals surface area contributed by atoms with Crippen molar-refractivity contribution in [3.05, 3.63) is 58.1 Å². The average molecular weight is 387 g/mol. The summed E-state index contributed by atoms with van der Waals surface area (Å²) in [4.78, 5) is 23.8. The highest BCUT2D eigenvalue weighted by atomic mass is 35.5. The minimum atomic E-state index is -4.58. The summed E-state index contributed by atoms with van der Waals surface area (Å²) < 4.78 is 42.6. The molecule has 138 valence electrons. The Balaban J connectivity index is 2.00. The number of nitrogens with two attached hydrogens (primary N) is 1. The smallest absolute Gasteiger partial charge is 0.416 e. The van der Waals surface area contributed by atoms with E-state index in [0.29, 0.717) is 22.8 Å². The fourth-order valence-electron chi connectivity index (χ4n) is 2.05. The van der Waals surface area contributed by atoms with Crippen LogP contribution in [-0.4, -0.2) is 18.5 Å². The molecule has 9 heteroatoms. The van der Waals surface area contributed by atoms with Gasteiger partial charge >= 0.3 is 12.1 Å². The summed E-state index contributed by atoms with van der Waals surface area (Å²) in [7, 11) is 0. The lowest BCUT2D eigenvalue weighted by molar-refractivity contribution is -0.137. The third-order valence-corrected chi connectivity index (χ3v) is 3.64. The molecule has 0 aliphatic heterocycles. The minimum Gasteiger partial charge on any atom is -0.452 e. The predicted molar refractivity (Wildman–Crippen MR) is 91.0 cm³/mol. The molecule has 0 aliphatic rings. The minimum absolute atomic E-state index is 0.260. The Morgan fingerprint density at radius 2 is 1.88 bits per heavy atom. The molecule has 0 aromatic heterocycles. The van der Waals surface area contributed by atoms with E-state index in [4.69, 9.17) is 22.1 Å². The van der Waals surface area contributed by atoms with Crippen molar-refractivity contribution in [1.82, 2.24) is 0 Å². The monoisotopic (exact) mass is 386 g/mol. The number of ether oxygens (including phenoxy) is 1. The summed E-state index contributed by atoms with van der Waals surface area (Å²) in [5, 5.41) is 2.94. The maximum absolute atomic E-state index is 12.6. The molecule has 2 aromatic rings. The van der Waals surface area contributed by atoms with Crippen molar-refractivity contribution in [1.29, 1.82) is 0 Å². The van der Waals surface area contributed by atoms with Gasteiger partial charge in [-0.25, -0.2) is 4.79 Å². The van der Waals surface area contributed by atoms with Gasteiger partial charge in [-0.05, 0) is 42.8 Å². The highest BCUT2D eigenvalue weighted by Gasteiger charge is 2.31. The number of hydrogen-bond donors (Lipinski definition) is 2. The number of alkyl halides is 3. The molecular weight excluding hydrogens is 373 g/mol. The molecule has 0 aliphatic carbocycles. The number of benzene rings is 2. The molecule has 0 saturated carbocycles. The van der Waals surface area contributed by atoms with Crippen molar-refractivity contribution >= 4 is 34.9 Å². The molecule has 0 bridgehead atoms. The lowest BCUT2D eigenvalue weighted by Crippen LogP contribution is -2.22. The van der Waals surface area contributed by atoms with Gasteiger partial charge < -0.3 is 15.8 Å². The van der Waals surface area contributed by atoms with Crippen LogP contribution in [0.15, 0.2) is 36.4 Å². The molecule has 0 saturated heterocycles. The number of esters is 1. The number of anilines is 2. The quantitative estimate of drug-likeness (QED) is 0.613. The first kappa shape index (κ1) is 19.6. The maximum atomic E-state index is 12.6. The second kappa shape index (κ2) is 7.65. The summed E-state index contributed by atoms with van der Waals surface area (Å²) in [5.41, 5.74) is 5.03. The van der Waals surface area contributed by atoms with Crippen molar-refractivity contribution in [2.24, 2.45) is 0 Å². The first-order chi connectivity index (χ1) is 12.1. The Labute approximate surface area is 151 Å². The van der Waals surface area contributed by atoms with Gasteiger partial charge in [0.2, 0.25) is 0 Å². The van der Waals surface area contributed by atoms with E-state index in [1.165, 1.54) is 6.07 Å². The number of nitrogen functional groups attached to an aromatic ring is 1. The number of hydrogen-bond acceptors (Lipinski definition) is 4. The van der Waals surface area contributed by atoms with Crippen LogP contribution >= 0.6 is 11.6 Å². The molecule has 0 heterocycles. The fourth-order valence-corrected chi connectivity index (χ4v) is 2.22. The number of aryl methyl sites for hydroxylation is 1. The zero-order valence-electron chi connectivity index (χ0n) is 13.5. The van der Waals surface area contributed by atoms with Gasteiger partial charge in [0.1, 0.15) is 0 Å². The summed E-state index contributed by atoms with van der Waals surface area (Å²) in [6, 6.07) is 7.13. The first-order valence-corrected chi connectivity index (χ1v) is 7.65. The molecule has 1 amide bonds. The predicted octanol–water partition coefficient (Wildman–Crippen LogP) is 4.04. The van der Waals surface area contributed by atoms with E-state index in [0.717, 1.165) is 11.6 Å². The maximum Gasteiger partial charge on any atom is 0.416 e. The van der Waals surface area contributed by atoms with Crippen molar-refractivity contribution in [3.63, 3.8) is 0 Å².